The molecule has 0 saturated carbocycles. The summed E-state index contributed by atoms with van der Waals surface area (Å²) in [5, 5.41) is 0. The zero-order valence-corrected chi connectivity index (χ0v) is 18.5. The van der Waals surface area contributed by atoms with Crippen LogP contribution in [-0.2, 0) is 4.79 Å². The van der Waals surface area contributed by atoms with E-state index in [1.54, 1.807) is 0 Å². The van der Waals surface area contributed by atoms with Crippen LogP contribution in [0.3, 0.4) is 0 Å². The Kier molecular flexibility index (Phi) is 13.2. The molecule has 2 heterocycles. The smallest absolute Gasteiger partial charge is 0.222 e. The fraction of sp³-hybridized carbons (Fsp3) is 0.955. The maximum Gasteiger partial charge on any atom is 0.222 e. The number of amides is 1. The number of piperazine rings is 1. The number of carbonyl (C=O) groups excluding carboxylic acids is 1. The summed E-state index contributed by atoms with van der Waals surface area (Å²) < 4.78 is 0. The molecule has 2 fully saturated rings. The van der Waals surface area contributed by atoms with E-state index in [1.807, 2.05) is 11.9 Å². The first-order valence-corrected chi connectivity index (χ1v) is 10.5. The summed E-state index contributed by atoms with van der Waals surface area (Å²) in [5.74, 6) is 1.59. The summed E-state index contributed by atoms with van der Waals surface area (Å²) >= 11 is 0. The van der Waals surface area contributed by atoms with Crippen molar-refractivity contribution in [2.75, 3.05) is 67.0 Å². The van der Waals surface area contributed by atoms with Crippen LogP contribution in [0.4, 0.5) is 0 Å². The Morgan fingerprint density at radius 2 is 1.37 bits per heavy atom. The highest BCUT2D eigenvalue weighted by molar-refractivity contribution is 5.76. The highest BCUT2D eigenvalue weighted by Crippen LogP contribution is 2.16. The largest absolute Gasteiger partial charge is 0.343 e. The zero-order valence-electron chi connectivity index (χ0n) is 18.5. The molecule has 5 nitrogen and oxygen atoms in total. The van der Waals surface area contributed by atoms with Crippen molar-refractivity contribution in [3.63, 3.8) is 0 Å². The van der Waals surface area contributed by atoms with Crippen molar-refractivity contribution < 1.29 is 4.79 Å². The van der Waals surface area contributed by atoms with E-state index in [2.05, 4.69) is 56.5 Å². The average molecular weight is 385 g/mol. The van der Waals surface area contributed by atoms with Gasteiger partial charge in [-0.15, -0.1) is 0 Å². The first-order valence-electron chi connectivity index (χ1n) is 10.5. The van der Waals surface area contributed by atoms with Crippen molar-refractivity contribution in [1.82, 2.24) is 19.6 Å². The second kappa shape index (κ2) is 13.5. The lowest BCUT2D eigenvalue weighted by molar-refractivity contribution is -0.133. The molecule has 0 aromatic rings. The van der Waals surface area contributed by atoms with E-state index in [0.717, 1.165) is 31.8 Å². The number of hydrogen-bond acceptors (Lipinski definition) is 4. The Bertz CT molecular complexity index is 384. The summed E-state index contributed by atoms with van der Waals surface area (Å²) in [7, 11) is 6.31. The van der Waals surface area contributed by atoms with E-state index in [4.69, 9.17) is 0 Å². The van der Waals surface area contributed by atoms with Gasteiger partial charge in [0.15, 0.2) is 0 Å². The van der Waals surface area contributed by atoms with Crippen LogP contribution < -0.4 is 0 Å². The van der Waals surface area contributed by atoms with Gasteiger partial charge in [0.1, 0.15) is 0 Å². The summed E-state index contributed by atoms with van der Waals surface area (Å²) in [5.41, 5.74) is 0. The summed E-state index contributed by atoms with van der Waals surface area (Å²) in [4.78, 5) is 21.1. The number of nitrogens with zero attached hydrogens (tertiary/aromatic N) is 4. The SMILES string of the molecule is C.CC(C)CC(=O)N(C)C1CCN(C)CC1.CC(C)CN1CCN(C)CC1. The van der Waals surface area contributed by atoms with E-state index in [1.165, 1.54) is 32.7 Å². The molecular weight excluding hydrogens is 336 g/mol. The fourth-order valence-electron chi connectivity index (χ4n) is 3.63. The van der Waals surface area contributed by atoms with E-state index >= 15 is 0 Å². The zero-order chi connectivity index (χ0) is 19.7. The van der Waals surface area contributed by atoms with Gasteiger partial charge < -0.3 is 19.6 Å². The molecular formula is C22H48N4O. The van der Waals surface area contributed by atoms with Gasteiger partial charge in [0.05, 0.1) is 0 Å². The normalized spacial score (nSPS) is 20.2. The van der Waals surface area contributed by atoms with Crippen molar-refractivity contribution >= 4 is 5.91 Å². The van der Waals surface area contributed by atoms with Crippen molar-refractivity contribution in [3.05, 3.63) is 0 Å². The van der Waals surface area contributed by atoms with Gasteiger partial charge in [-0.2, -0.15) is 0 Å². The number of rotatable bonds is 5. The maximum absolute atomic E-state index is 11.8. The third kappa shape index (κ3) is 11.1. The average Bonchev–Trinajstić information content (AvgIpc) is 2.56. The third-order valence-corrected chi connectivity index (χ3v) is 5.43. The predicted molar refractivity (Wildman–Crippen MR) is 118 cm³/mol. The molecule has 27 heavy (non-hydrogen) atoms. The van der Waals surface area contributed by atoms with Gasteiger partial charge in [-0.25, -0.2) is 0 Å². The molecule has 5 heteroatoms. The standard InChI is InChI=1S/C12H24N2O.C9H20N2.CH4/c1-10(2)9-12(15)14(4)11-5-7-13(3)8-6-11;1-9(2)8-11-6-4-10(3)5-7-11;/h10-11H,5-9H2,1-4H3;9H,4-8H2,1-3H3;1H4. The molecule has 0 aromatic heterocycles. The lowest BCUT2D eigenvalue weighted by atomic mass is 10.0. The molecule has 0 atom stereocenters. The monoisotopic (exact) mass is 384 g/mol. The Morgan fingerprint density at radius 3 is 1.81 bits per heavy atom. The highest BCUT2D eigenvalue weighted by atomic mass is 16.2. The molecule has 2 aliphatic rings. The third-order valence-electron chi connectivity index (χ3n) is 5.43. The Balaban J connectivity index is 0.000000504. The number of likely N-dealkylation sites (N-methyl/N-ethyl adjacent to an activating group) is 1. The fourth-order valence-corrected chi connectivity index (χ4v) is 3.63. The van der Waals surface area contributed by atoms with Gasteiger partial charge in [0, 0.05) is 52.2 Å². The number of hydrogen-bond donors (Lipinski definition) is 0. The highest BCUT2D eigenvalue weighted by Gasteiger charge is 2.23. The minimum atomic E-state index is 0. The Labute approximate surface area is 170 Å². The minimum absolute atomic E-state index is 0. The molecule has 2 aliphatic heterocycles. The van der Waals surface area contributed by atoms with E-state index in [-0.39, 0.29) is 7.43 Å². The van der Waals surface area contributed by atoms with Crippen LogP contribution in [-0.4, -0.2) is 98.5 Å². The molecule has 162 valence electrons. The Morgan fingerprint density at radius 1 is 0.889 bits per heavy atom. The summed E-state index contributed by atoms with van der Waals surface area (Å²) in [6, 6.07) is 0.465. The summed E-state index contributed by atoms with van der Waals surface area (Å²) in [6.45, 7) is 17.3. The second-order valence-corrected chi connectivity index (χ2v) is 9.13. The van der Waals surface area contributed by atoms with E-state index in [9.17, 15) is 4.79 Å². The number of likely N-dealkylation sites (tertiary alicyclic amines) is 1. The predicted octanol–water partition coefficient (Wildman–Crippen LogP) is 3.11. The van der Waals surface area contributed by atoms with Gasteiger partial charge in [-0.3, -0.25) is 4.79 Å². The van der Waals surface area contributed by atoms with Crippen LogP contribution in [0.25, 0.3) is 0 Å². The Hall–Kier alpha value is -0.650. The number of carbonyl (C=O) groups is 1. The molecule has 0 unspecified atom stereocenters. The quantitative estimate of drug-likeness (QED) is 0.728. The molecule has 0 radical (unpaired) electrons. The van der Waals surface area contributed by atoms with Crippen LogP contribution >= 0.6 is 0 Å². The molecule has 2 saturated heterocycles. The van der Waals surface area contributed by atoms with Crippen LogP contribution in [0, 0.1) is 11.8 Å². The van der Waals surface area contributed by atoms with Crippen LogP contribution in [0.15, 0.2) is 0 Å². The second-order valence-electron chi connectivity index (χ2n) is 9.13. The van der Waals surface area contributed by atoms with Crippen molar-refractivity contribution in [1.29, 1.82) is 0 Å². The maximum atomic E-state index is 11.8. The first-order chi connectivity index (χ1) is 12.2. The van der Waals surface area contributed by atoms with Gasteiger partial charge in [0.2, 0.25) is 5.91 Å². The minimum Gasteiger partial charge on any atom is -0.343 e. The topological polar surface area (TPSA) is 30.0 Å². The number of piperidine rings is 1. The molecule has 0 aromatic carbocycles. The molecule has 0 spiro atoms. The lowest BCUT2D eigenvalue weighted by Gasteiger charge is -2.35. The van der Waals surface area contributed by atoms with E-state index in [0.29, 0.717) is 24.3 Å². The van der Waals surface area contributed by atoms with E-state index < -0.39 is 0 Å². The molecule has 0 aliphatic carbocycles. The van der Waals surface area contributed by atoms with Gasteiger partial charge >= 0.3 is 0 Å². The van der Waals surface area contributed by atoms with Crippen LogP contribution in [0.5, 0.6) is 0 Å². The van der Waals surface area contributed by atoms with Crippen LogP contribution in [0.1, 0.15) is 54.4 Å². The molecule has 0 bridgehead atoms. The molecule has 2 rings (SSSR count). The molecule has 0 N–H and O–H groups in total. The van der Waals surface area contributed by atoms with Gasteiger partial charge in [-0.1, -0.05) is 35.1 Å². The lowest BCUT2D eigenvalue weighted by Crippen LogP contribution is -2.45. The molecule has 1 amide bonds. The van der Waals surface area contributed by atoms with Gasteiger partial charge in [-0.05, 0) is 51.9 Å². The van der Waals surface area contributed by atoms with Crippen molar-refractivity contribution in [2.24, 2.45) is 11.8 Å². The van der Waals surface area contributed by atoms with Crippen molar-refractivity contribution in [2.45, 2.75) is 60.4 Å². The van der Waals surface area contributed by atoms with Gasteiger partial charge in [0.25, 0.3) is 0 Å². The first kappa shape index (κ1) is 26.4. The van der Waals surface area contributed by atoms with Crippen molar-refractivity contribution in [3.8, 4) is 0 Å². The van der Waals surface area contributed by atoms with Crippen LogP contribution in [0.2, 0.25) is 0 Å². The summed E-state index contributed by atoms with van der Waals surface area (Å²) in [6.07, 6.45) is 2.93.